The Morgan fingerprint density at radius 3 is 2.24 bits per heavy atom. The van der Waals surface area contributed by atoms with E-state index in [0.717, 1.165) is 24.3 Å². The highest BCUT2D eigenvalue weighted by Crippen LogP contribution is 2.23. The number of allylic oxidation sites excluding steroid dienone is 1. The molecule has 128 valence electrons. The zero-order valence-electron chi connectivity index (χ0n) is 12.5. The van der Waals surface area contributed by atoms with Gasteiger partial charge in [-0.3, -0.25) is 4.79 Å². The lowest BCUT2D eigenvalue weighted by atomic mass is 10.1. The molecule has 0 aliphatic carbocycles. The standard InChI is InChI=1S/C17H10ClF3N2O2/c18-13-3-5-14(6-4-13)23-10-12(9-22)16(24)11-1-7-15(8-2-11)25-17(19,20)21/h1-8,10,23H/b12-10-. The fourth-order valence-corrected chi connectivity index (χ4v) is 1.94. The summed E-state index contributed by atoms with van der Waals surface area (Å²) in [5, 5.41) is 12.4. The minimum atomic E-state index is -4.81. The number of hydrogen-bond donors (Lipinski definition) is 1. The molecule has 0 unspecified atom stereocenters. The van der Waals surface area contributed by atoms with Crippen LogP contribution in [0, 0.1) is 11.3 Å². The highest BCUT2D eigenvalue weighted by molar-refractivity contribution is 6.30. The van der Waals surface area contributed by atoms with E-state index < -0.39 is 17.9 Å². The summed E-state index contributed by atoms with van der Waals surface area (Å²) in [5.74, 6) is -1.09. The molecular weight excluding hydrogens is 357 g/mol. The lowest BCUT2D eigenvalue weighted by Crippen LogP contribution is -2.17. The van der Waals surface area contributed by atoms with Gasteiger partial charge in [-0.15, -0.1) is 13.2 Å². The van der Waals surface area contributed by atoms with E-state index in [4.69, 9.17) is 16.9 Å². The normalized spacial score (nSPS) is 11.6. The first-order valence-corrected chi connectivity index (χ1v) is 7.19. The van der Waals surface area contributed by atoms with Crippen LogP contribution in [0.3, 0.4) is 0 Å². The number of ether oxygens (including phenoxy) is 1. The van der Waals surface area contributed by atoms with Crippen LogP contribution >= 0.6 is 11.6 Å². The number of anilines is 1. The van der Waals surface area contributed by atoms with Crippen LogP contribution in [0.2, 0.25) is 5.02 Å². The smallest absolute Gasteiger partial charge is 0.406 e. The van der Waals surface area contributed by atoms with Crippen molar-refractivity contribution < 1.29 is 22.7 Å². The second-order valence-electron chi connectivity index (χ2n) is 4.72. The first kappa shape index (κ1) is 18.4. The van der Waals surface area contributed by atoms with Gasteiger partial charge < -0.3 is 10.1 Å². The Kier molecular flexibility index (Phi) is 5.67. The summed E-state index contributed by atoms with van der Waals surface area (Å²) in [6.45, 7) is 0. The number of alkyl halides is 3. The first-order valence-electron chi connectivity index (χ1n) is 6.81. The van der Waals surface area contributed by atoms with Crippen molar-refractivity contribution in [2.24, 2.45) is 0 Å². The van der Waals surface area contributed by atoms with Crippen LogP contribution in [0.25, 0.3) is 0 Å². The molecule has 0 amide bonds. The molecule has 0 aromatic heterocycles. The maximum absolute atomic E-state index is 12.2. The quantitative estimate of drug-likeness (QED) is 0.462. The molecule has 25 heavy (non-hydrogen) atoms. The van der Waals surface area contributed by atoms with Crippen molar-refractivity contribution in [2.45, 2.75) is 6.36 Å². The predicted molar refractivity (Wildman–Crippen MR) is 86.2 cm³/mol. The Hall–Kier alpha value is -2.98. The highest BCUT2D eigenvalue weighted by atomic mass is 35.5. The monoisotopic (exact) mass is 366 g/mol. The van der Waals surface area contributed by atoms with E-state index in [1.807, 2.05) is 0 Å². The summed E-state index contributed by atoms with van der Waals surface area (Å²) in [5.41, 5.74) is 0.457. The van der Waals surface area contributed by atoms with Gasteiger partial charge in [0, 0.05) is 22.5 Å². The Labute approximate surface area is 146 Å². The predicted octanol–water partition coefficient (Wildman–Crippen LogP) is 4.94. The molecule has 0 fully saturated rings. The van der Waals surface area contributed by atoms with Crippen LogP contribution in [-0.4, -0.2) is 12.1 Å². The summed E-state index contributed by atoms with van der Waals surface area (Å²) in [6, 6.07) is 12.6. The van der Waals surface area contributed by atoms with Crippen LogP contribution in [0.1, 0.15) is 10.4 Å². The minimum absolute atomic E-state index is 0.0558. The fraction of sp³-hybridized carbons (Fsp3) is 0.0588. The molecule has 0 radical (unpaired) electrons. The van der Waals surface area contributed by atoms with Crippen LogP contribution in [0.15, 0.2) is 60.3 Å². The van der Waals surface area contributed by atoms with Crippen LogP contribution in [-0.2, 0) is 0 Å². The number of benzene rings is 2. The van der Waals surface area contributed by atoms with E-state index in [1.54, 1.807) is 30.3 Å². The van der Waals surface area contributed by atoms with Gasteiger partial charge in [0.15, 0.2) is 0 Å². The molecule has 0 bridgehead atoms. The molecule has 4 nitrogen and oxygen atoms in total. The van der Waals surface area contributed by atoms with Gasteiger partial charge in [0.25, 0.3) is 0 Å². The topological polar surface area (TPSA) is 62.1 Å². The Balaban J connectivity index is 2.12. The second-order valence-corrected chi connectivity index (χ2v) is 5.16. The second kappa shape index (κ2) is 7.73. The molecule has 8 heteroatoms. The van der Waals surface area contributed by atoms with E-state index >= 15 is 0 Å². The minimum Gasteiger partial charge on any atom is -0.406 e. The third-order valence-corrected chi connectivity index (χ3v) is 3.19. The van der Waals surface area contributed by atoms with Gasteiger partial charge in [0.1, 0.15) is 17.4 Å². The highest BCUT2D eigenvalue weighted by Gasteiger charge is 2.31. The summed E-state index contributed by atoms with van der Waals surface area (Å²) in [6.07, 6.45) is -3.60. The van der Waals surface area contributed by atoms with Gasteiger partial charge in [-0.05, 0) is 48.5 Å². The van der Waals surface area contributed by atoms with Gasteiger partial charge in [-0.25, -0.2) is 0 Å². The molecule has 0 saturated carbocycles. The molecule has 0 spiro atoms. The van der Waals surface area contributed by atoms with E-state index in [9.17, 15) is 18.0 Å². The number of rotatable bonds is 5. The number of halogens is 4. The molecular formula is C17H10ClF3N2O2. The average molecular weight is 367 g/mol. The molecule has 0 aliphatic heterocycles. The maximum Gasteiger partial charge on any atom is 0.573 e. The Morgan fingerprint density at radius 2 is 1.72 bits per heavy atom. The largest absolute Gasteiger partial charge is 0.573 e. The van der Waals surface area contributed by atoms with Crippen LogP contribution in [0.4, 0.5) is 18.9 Å². The average Bonchev–Trinajstić information content (AvgIpc) is 2.56. The molecule has 0 heterocycles. The maximum atomic E-state index is 12.2. The van der Waals surface area contributed by atoms with Gasteiger partial charge >= 0.3 is 6.36 Å². The number of carbonyl (C=O) groups is 1. The summed E-state index contributed by atoms with van der Waals surface area (Å²) >= 11 is 5.75. The molecule has 2 rings (SSSR count). The number of carbonyl (C=O) groups excluding carboxylic acids is 1. The van der Waals surface area contributed by atoms with Crippen molar-refractivity contribution >= 4 is 23.1 Å². The molecule has 0 aliphatic rings. The van der Waals surface area contributed by atoms with E-state index in [1.165, 1.54) is 6.20 Å². The van der Waals surface area contributed by atoms with Gasteiger partial charge in [0.05, 0.1) is 0 Å². The van der Waals surface area contributed by atoms with Crippen LogP contribution in [0.5, 0.6) is 5.75 Å². The summed E-state index contributed by atoms with van der Waals surface area (Å²) in [7, 11) is 0. The van der Waals surface area contributed by atoms with Crippen LogP contribution < -0.4 is 10.1 Å². The summed E-state index contributed by atoms with van der Waals surface area (Å²) in [4.78, 5) is 12.2. The van der Waals surface area contributed by atoms with Gasteiger partial charge in [-0.2, -0.15) is 5.26 Å². The molecule has 1 N–H and O–H groups in total. The number of hydrogen-bond acceptors (Lipinski definition) is 4. The van der Waals surface area contributed by atoms with Gasteiger partial charge in [0.2, 0.25) is 5.78 Å². The number of Topliss-reactive ketones (excluding diaryl/α,β-unsaturated/α-hetero) is 1. The van der Waals surface area contributed by atoms with Crippen molar-refractivity contribution in [3.8, 4) is 11.8 Å². The number of nitrogens with one attached hydrogen (secondary N) is 1. The van der Waals surface area contributed by atoms with Crippen molar-refractivity contribution in [1.29, 1.82) is 5.26 Å². The Morgan fingerprint density at radius 1 is 1.12 bits per heavy atom. The SMILES string of the molecule is N#C/C(=C/Nc1ccc(Cl)cc1)C(=O)c1ccc(OC(F)(F)F)cc1. The first-order chi connectivity index (χ1) is 11.8. The number of ketones is 1. The van der Waals surface area contributed by atoms with Crippen molar-refractivity contribution in [3.05, 3.63) is 70.9 Å². The molecule has 2 aromatic rings. The third-order valence-electron chi connectivity index (χ3n) is 2.94. The zero-order chi connectivity index (χ0) is 18.4. The molecule has 0 saturated heterocycles. The van der Waals surface area contributed by atoms with Gasteiger partial charge in [-0.1, -0.05) is 11.6 Å². The zero-order valence-corrected chi connectivity index (χ0v) is 13.2. The van der Waals surface area contributed by atoms with Crippen molar-refractivity contribution in [2.75, 3.05) is 5.32 Å². The summed E-state index contributed by atoms with van der Waals surface area (Å²) < 4.78 is 40.1. The lowest BCUT2D eigenvalue weighted by Gasteiger charge is -2.09. The third kappa shape index (κ3) is 5.55. The van der Waals surface area contributed by atoms with E-state index in [-0.39, 0.29) is 11.1 Å². The molecule has 0 atom stereocenters. The lowest BCUT2D eigenvalue weighted by molar-refractivity contribution is -0.274. The number of nitrogens with zero attached hydrogens (tertiary/aromatic N) is 1. The Bertz CT molecular complexity index is 823. The van der Waals surface area contributed by atoms with E-state index in [0.29, 0.717) is 10.7 Å². The van der Waals surface area contributed by atoms with Crippen molar-refractivity contribution in [1.82, 2.24) is 0 Å². The van der Waals surface area contributed by atoms with Crippen molar-refractivity contribution in [3.63, 3.8) is 0 Å². The van der Waals surface area contributed by atoms with E-state index in [2.05, 4.69) is 10.1 Å². The molecule has 2 aromatic carbocycles. The fourth-order valence-electron chi connectivity index (χ4n) is 1.81. The number of nitriles is 1.